The highest BCUT2D eigenvalue weighted by atomic mass is 32.1. The highest BCUT2D eigenvalue weighted by Crippen LogP contribution is 2.52. The molecule has 3 nitrogen and oxygen atoms in total. The lowest BCUT2D eigenvalue weighted by atomic mass is 10.0. The Morgan fingerprint density at radius 3 is 2.70 bits per heavy atom. The SMILES string of the molecule is CC(C)C1NC(c2cccs2)N(CC2CC2(C)C)C1=O. The number of nitrogens with one attached hydrogen (secondary N) is 1. The second kappa shape index (κ2) is 4.85. The third kappa shape index (κ3) is 2.40. The van der Waals surface area contributed by atoms with E-state index >= 15 is 0 Å². The van der Waals surface area contributed by atoms with Crippen molar-refractivity contribution >= 4 is 17.2 Å². The van der Waals surface area contributed by atoms with Crippen LogP contribution in [0.2, 0.25) is 0 Å². The van der Waals surface area contributed by atoms with E-state index in [-0.39, 0.29) is 18.1 Å². The van der Waals surface area contributed by atoms with Gasteiger partial charge in [-0.1, -0.05) is 33.8 Å². The van der Waals surface area contributed by atoms with Gasteiger partial charge in [-0.15, -0.1) is 11.3 Å². The standard InChI is InChI=1S/C16H24N2OS/c1-10(2)13-15(19)18(9-11-8-16(11,3)4)14(17-13)12-6-5-7-20-12/h5-7,10-11,13-14,17H,8-9H2,1-4H3. The highest BCUT2D eigenvalue weighted by molar-refractivity contribution is 7.10. The Morgan fingerprint density at radius 2 is 2.20 bits per heavy atom. The fourth-order valence-electron chi connectivity index (χ4n) is 3.12. The smallest absolute Gasteiger partial charge is 0.241 e. The molecule has 1 N–H and O–H groups in total. The van der Waals surface area contributed by atoms with E-state index in [2.05, 4.69) is 55.4 Å². The predicted molar refractivity (Wildman–Crippen MR) is 82.4 cm³/mol. The topological polar surface area (TPSA) is 32.3 Å². The van der Waals surface area contributed by atoms with Gasteiger partial charge in [0.25, 0.3) is 0 Å². The van der Waals surface area contributed by atoms with E-state index in [9.17, 15) is 4.79 Å². The van der Waals surface area contributed by atoms with Crippen LogP contribution in [0.5, 0.6) is 0 Å². The van der Waals surface area contributed by atoms with Gasteiger partial charge in [-0.05, 0) is 35.1 Å². The molecule has 1 aromatic heterocycles. The molecule has 1 saturated carbocycles. The van der Waals surface area contributed by atoms with Crippen molar-refractivity contribution in [3.8, 4) is 0 Å². The van der Waals surface area contributed by atoms with Crippen LogP contribution >= 0.6 is 11.3 Å². The summed E-state index contributed by atoms with van der Waals surface area (Å²) in [4.78, 5) is 16.0. The molecule has 1 aliphatic heterocycles. The van der Waals surface area contributed by atoms with Gasteiger partial charge in [0.15, 0.2) is 0 Å². The summed E-state index contributed by atoms with van der Waals surface area (Å²) in [6.07, 6.45) is 1.31. The Morgan fingerprint density at radius 1 is 1.50 bits per heavy atom. The van der Waals surface area contributed by atoms with Crippen molar-refractivity contribution in [2.75, 3.05) is 6.54 Å². The molecule has 3 rings (SSSR count). The van der Waals surface area contributed by atoms with Crippen molar-refractivity contribution in [3.63, 3.8) is 0 Å². The molecule has 110 valence electrons. The van der Waals surface area contributed by atoms with Crippen LogP contribution < -0.4 is 5.32 Å². The van der Waals surface area contributed by atoms with Gasteiger partial charge in [0.1, 0.15) is 6.17 Å². The molecule has 2 aliphatic rings. The van der Waals surface area contributed by atoms with Gasteiger partial charge < -0.3 is 4.90 Å². The first kappa shape index (κ1) is 14.1. The van der Waals surface area contributed by atoms with Gasteiger partial charge in [0.2, 0.25) is 5.91 Å². The zero-order chi connectivity index (χ0) is 14.5. The Bertz CT molecular complexity index is 495. The normalized spacial score (nSPS) is 32.1. The van der Waals surface area contributed by atoms with Crippen LogP contribution in [0.4, 0.5) is 0 Å². The summed E-state index contributed by atoms with van der Waals surface area (Å²) < 4.78 is 0. The van der Waals surface area contributed by atoms with Crippen molar-refractivity contribution in [3.05, 3.63) is 22.4 Å². The van der Waals surface area contributed by atoms with Crippen LogP contribution in [-0.2, 0) is 4.79 Å². The monoisotopic (exact) mass is 292 g/mol. The molecule has 4 heteroatoms. The number of hydrogen-bond donors (Lipinski definition) is 1. The maximum Gasteiger partial charge on any atom is 0.241 e. The zero-order valence-electron chi connectivity index (χ0n) is 12.7. The van der Waals surface area contributed by atoms with Gasteiger partial charge in [0, 0.05) is 11.4 Å². The lowest BCUT2D eigenvalue weighted by Crippen LogP contribution is -2.35. The lowest BCUT2D eigenvalue weighted by Gasteiger charge is -2.24. The second-order valence-electron chi connectivity index (χ2n) is 7.19. The molecule has 0 spiro atoms. The largest absolute Gasteiger partial charge is 0.320 e. The van der Waals surface area contributed by atoms with Gasteiger partial charge in [-0.25, -0.2) is 0 Å². The van der Waals surface area contributed by atoms with E-state index in [1.807, 2.05) is 0 Å². The Hall–Kier alpha value is -0.870. The number of nitrogens with zero attached hydrogens (tertiary/aromatic N) is 1. The predicted octanol–water partition coefficient (Wildman–Crippen LogP) is 3.25. The minimum absolute atomic E-state index is 0.0380. The first-order chi connectivity index (χ1) is 9.40. The molecule has 1 aliphatic carbocycles. The molecule has 1 amide bonds. The maximum atomic E-state index is 12.7. The molecule has 2 fully saturated rings. The van der Waals surface area contributed by atoms with Crippen molar-refractivity contribution < 1.29 is 4.79 Å². The zero-order valence-corrected chi connectivity index (χ0v) is 13.5. The summed E-state index contributed by atoms with van der Waals surface area (Å²) in [6, 6.07) is 4.15. The number of thiophene rings is 1. The molecule has 20 heavy (non-hydrogen) atoms. The molecule has 0 bridgehead atoms. The van der Waals surface area contributed by atoms with Crippen molar-refractivity contribution in [1.82, 2.24) is 10.2 Å². The summed E-state index contributed by atoms with van der Waals surface area (Å²) >= 11 is 1.73. The Labute approximate surface area is 125 Å². The number of carbonyl (C=O) groups is 1. The quantitative estimate of drug-likeness (QED) is 0.924. The van der Waals surface area contributed by atoms with Crippen molar-refractivity contribution in [1.29, 1.82) is 0 Å². The minimum Gasteiger partial charge on any atom is -0.320 e. The van der Waals surface area contributed by atoms with Crippen molar-refractivity contribution in [2.45, 2.75) is 46.3 Å². The summed E-state index contributed by atoms with van der Waals surface area (Å²) in [5.41, 5.74) is 0.413. The molecule has 2 heterocycles. The van der Waals surface area contributed by atoms with Crippen LogP contribution in [0, 0.1) is 17.3 Å². The van der Waals surface area contributed by atoms with E-state index in [0.29, 0.717) is 17.3 Å². The highest BCUT2D eigenvalue weighted by Gasteiger charge is 2.50. The van der Waals surface area contributed by atoms with E-state index in [1.54, 1.807) is 11.3 Å². The number of hydrogen-bond acceptors (Lipinski definition) is 3. The van der Waals surface area contributed by atoms with E-state index in [1.165, 1.54) is 11.3 Å². The Balaban J connectivity index is 1.81. The molecular weight excluding hydrogens is 268 g/mol. The fraction of sp³-hybridized carbons (Fsp3) is 0.688. The van der Waals surface area contributed by atoms with Crippen molar-refractivity contribution in [2.24, 2.45) is 17.3 Å². The van der Waals surface area contributed by atoms with E-state index < -0.39 is 0 Å². The van der Waals surface area contributed by atoms with Gasteiger partial charge in [-0.3, -0.25) is 10.1 Å². The number of carbonyl (C=O) groups excluding carboxylic acids is 1. The van der Waals surface area contributed by atoms with Gasteiger partial charge in [-0.2, -0.15) is 0 Å². The molecule has 1 aromatic rings. The van der Waals surface area contributed by atoms with E-state index in [0.717, 1.165) is 6.54 Å². The summed E-state index contributed by atoms with van der Waals surface area (Å²) in [5.74, 6) is 1.27. The van der Waals surface area contributed by atoms with E-state index in [4.69, 9.17) is 0 Å². The second-order valence-corrected chi connectivity index (χ2v) is 8.17. The number of rotatable bonds is 4. The Kier molecular flexibility index (Phi) is 3.41. The summed E-state index contributed by atoms with van der Waals surface area (Å²) in [6.45, 7) is 9.72. The van der Waals surface area contributed by atoms with Crippen LogP contribution in [0.25, 0.3) is 0 Å². The summed E-state index contributed by atoms with van der Waals surface area (Å²) in [7, 11) is 0. The average Bonchev–Trinajstić information content (AvgIpc) is 2.77. The van der Waals surface area contributed by atoms with Gasteiger partial charge >= 0.3 is 0 Å². The first-order valence-electron chi connectivity index (χ1n) is 7.50. The average molecular weight is 292 g/mol. The van der Waals surface area contributed by atoms with Gasteiger partial charge in [0.05, 0.1) is 6.04 Å². The molecule has 3 atom stereocenters. The minimum atomic E-state index is -0.0380. The third-order valence-corrected chi connectivity index (χ3v) is 5.74. The number of amides is 1. The lowest BCUT2D eigenvalue weighted by molar-refractivity contribution is -0.131. The third-order valence-electron chi connectivity index (χ3n) is 4.81. The van der Waals surface area contributed by atoms with Crippen LogP contribution in [0.15, 0.2) is 17.5 Å². The summed E-state index contributed by atoms with van der Waals surface area (Å²) in [5, 5.41) is 5.63. The molecule has 1 saturated heterocycles. The first-order valence-corrected chi connectivity index (χ1v) is 8.38. The van der Waals surface area contributed by atoms with Crippen LogP contribution in [-0.4, -0.2) is 23.4 Å². The fourth-order valence-corrected chi connectivity index (χ4v) is 3.91. The molecule has 0 radical (unpaired) electrons. The van der Waals surface area contributed by atoms with Crippen LogP contribution in [0.3, 0.4) is 0 Å². The van der Waals surface area contributed by atoms with Crippen LogP contribution in [0.1, 0.15) is 45.2 Å². The molecule has 0 aromatic carbocycles. The molecule has 3 unspecified atom stereocenters. The maximum absolute atomic E-state index is 12.7. The molecular formula is C16H24N2OS.